The van der Waals surface area contributed by atoms with Crippen molar-refractivity contribution in [3.05, 3.63) is 54.5 Å². The highest BCUT2D eigenvalue weighted by Gasteiger charge is 2.41. The number of aromatic nitrogens is 2. The van der Waals surface area contributed by atoms with Crippen molar-refractivity contribution in [1.82, 2.24) is 9.97 Å². The zero-order chi connectivity index (χ0) is 14.8. The first-order valence-corrected chi connectivity index (χ1v) is 8.05. The van der Waals surface area contributed by atoms with E-state index in [-0.39, 0.29) is 0 Å². The standard InChI is InChI=1S/C18H21N3O/c1-2-4-14(5-3-1)13-22-17-8-15-11-21(12-16(15)9-17)18-10-19-6-7-20-18/h1-7,10,15-17H,8-9,11-13H2/t15-,16+,17?. The molecule has 1 saturated carbocycles. The van der Waals surface area contributed by atoms with Gasteiger partial charge in [0.1, 0.15) is 5.82 Å². The van der Waals surface area contributed by atoms with Gasteiger partial charge >= 0.3 is 0 Å². The van der Waals surface area contributed by atoms with Crippen molar-refractivity contribution in [1.29, 1.82) is 0 Å². The predicted octanol–water partition coefficient (Wildman–Crippen LogP) is 2.91. The topological polar surface area (TPSA) is 38.2 Å². The minimum absolute atomic E-state index is 0.416. The van der Waals surface area contributed by atoms with Crippen molar-refractivity contribution in [2.45, 2.75) is 25.6 Å². The van der Waals surface area contributed by atoms with Crippen LogP contribution in [0.15, 0.2) is 48.9 Å². The van der Waals surface area contributed by atoms with E-state index in [1.54, 1.807) is 12.4 Å². The van der Waals surface area contributed by atoms with Crippen LogP contribution in [0.4, 0.5) is 5.82 Å². The molecule has 2 aromatic rings. The van der Waals surface area contributed by atoms with Gasteiger partial charge in [0, 0.05) is 25.5 Å². The quantitative estimate of drug-likeness (QED) is 0.869. The van der Waals surface area contributed by atoms with Gasteiger partial charge in [-0.2, -0.15) is 0 Å². The molecule has 1 aliphatic carbocycles. The van der Waals surface area contributed by atoms with Gasteiger partial charge in [-0.1, -0.05) is 30.3 Å². The molecule has 22 heavy (non-hydrogen) atoms. The van der Waals surface area contributed by atoms with Crippen molar-refractivity contribution >= 4 is 5.82 Å². The average Bonchev–Trinajstić information content (AvgIpc) is 3.13. The number of hydrogen-bond donors (Lipinski definition) is 0. The van der Waals surface area contributed by atoms with Crippen LogP contribution in [0.2, 0.25) is 0 Å². The monoisotopic (exact) mass is 295 g/mol. The Balaban J connectivity index is 1.30. The molecular formula is C18H21N3O. The molecule has 4 heteroatoms. The smallest absolute Gasteiger partial charge is 0.147 e. The van der Waals surface area contributed by atoms with E-state index in [2.05, 4.69) is 39.1 Å². The van der Waals surface area contributed by atoms with Gasteiger partial charge in [0.15, 0.2) is 0 Å². The number of fused-ring (bicyclic) bond motifs is 1. The van der Waals surface area contributed by atoms with E-state index in [0.717, 1.165) is 37.4 Å². The number of nitrogens with zero attached hydrogens (tertiary/aromatic N) is 3. The highest BCUT2D eigenvalue weighted by Crippen LogP contribution is 2.40. The SMILES string of the molecule is c1ccc(COC2C[C@@H]3CN(c4cnccn4)C[C@@H]3C2)cc1. The second-order valence-electron chi connectivity index (χ2n) is 6.38. The van der Waals surface area contributed by atoms with Crippen LogP contribution in [0.1, 0.15) is 18.4 Å². The van der Waals surface area contributed by atoms with Crippen molar-refractivity contribution in [3.8, 4) is 0 Å². The summed E-state index contributed by atoms with van der Waals surface area (Å²) in [5, 5.41) is 0. The van der Waals surface area contributed by atoms with Gasteiger partial charge in [-0.25, -0.2) is 4.98 Å². The number of anilines is 1. The first-order valence-electron chi connectivity index (χ1n) is 8.05. The van der Waals surface area contributed by atoms with Crippen molar-refractivity contribution in [3.63, 3.8) is 0 Å². The van der Waals surface area contributed by atoms with Crippen LogP contribution in [0, 0.1) is 11.8 Å². The second-order valence-corrected chi connectivity index (χ2v) is 6.38. The molecule has 1 aromatic carbocycles. The lowest BCUT2D eigenvalue weighted by Gasteiger charge is -2.20. The molecular weight excluding hydrogens is 274 g/mol. The normalized spacial score (nSPS) is 27.1. The molecule has 0 amide bonds. The Morgan fingerprint density at radius 2 is 1.82 bits per heavy atom. The fourth-order valence-corrected chi connectivity index (χ4v) is 3.81. The summed E-state index contributed by atoms with van der Waals surface area (Å²) in [5.41, 5.74) is 1.26. The summed E-state index contributed by atoms with van der Waals surface area (Å²) in [6, 6.07) is 10.4. The van der Waals surface area contributed by atoms with E-state index in [9.17, 15) is 0 Å². The molecule has 2 heterocycles. The van der Waals surface area contributed by atoms with Gasteiger partial charge < -0.3 is 9.64 Å². The summed E-state index contributed by atoms with van der Waals surface area (Å²) in [7, 11) is 0. The highest BCUT2D eigenvalue weighted by molar-refractivity contribution is 5.37. The van der Waals surface area contributed by atoms with E-state index in [4.69, 9.17) is 4.74 Å². The minimum Gasteiger partial charge on any atom is -0.374 e. The third-order valence-corrected chi connectivity index (χ3v) is 4.91. The lowest BCUT2D eigenvalue weighted by molar-refractivity contribution is 0.0408. The molecule has 4 rings (SSSR count). The first kappa shape index (κ1) is 13.7. The van der Waals surface area contributed by atoms with Crippen LogP contribution >= 0.6 is 0 Å². The maximum absolute atomic E-state index is 6.12. The predicted molar refractivity (Wildman–Crippen MR) is 85.5 cm³/mol. The molecule has 4 nitrogen and oxygen atoms in total. The molecule has 1 saturated heterocycles. The average molecular weight is 295 g/mol. The van der Waals surface area contributed by atoms with Crippen LogP contribution in [0.3, 0.4) is 0 Å². The number of hydrogen-bond acceptors (Lipinski definition) is 4. The Labute approximate surface area is 131 Å². The number of rotatable bonds is 4. The Bertz CT molecular complexity index is 590. The van der Waals surface area contributed by atoms with Gasteiger partial charge in [0.2, 0.25) is 0 Å². The molecule has 1 unspecified atom stereocenters. The summed E-state index contributed by atoms with van der Waals surface area (Å²) < 4.78 is 6.12. The van der Waals surface area contributed by atoms with E-state index >= 15 is 0 Å². The van der Waals surface area contributed by atoms with Crippen LogP contribution < -0.4 is 4.90 Å². The zero-order valence-corrected chi connectivity index (χ0v) is 12.6. The van der Waals surface area contributed by atoms with Gasteiger partial charge in [0.25, 0.3) is 0 Å². The molecule has 0 bridgehead atoms. The Kier molecular flexibility index (Phi) is 3.77. The van der Waals surface area contributed by atoms with Gasteiger partial charge in [-0.05, 0) is 30.2 Å². The van der Waals surface area contributed by atoms with Crippen LogP contribution in [0.25, 0.3) is 0 Å². The highest BCUT2D eigenvalue weighted by atomic mass is 16.5. The maximum Gasteiger partial charge on any atom is 0.147 e. The summed E-state index contributed by atoms with van der Waals surface area (Å²) in [6.45, 7) is 2.92. The lowest BCUT2D eigenvalue weighted by Crippen LogP contribution is -2.24. The minimum atomic E-state index is 0.416. The molecule has 0 radical (unpaired) electrons. The van der Waals surface area contributed by atoms with Crippen LogP contribution in [-0.4, -0.2) is 29.2 Å². The molecule has 0 N–H and O–H groups in total. The van der Waals surface area contributed by atoms with Crippen LogP contribution in [0.5, 0.6) is 0 Å². The third kappa shape index (κ3) is 2.83. The van der Waals surface area contributed by atoms with Gasteiger partial charge in [-0.15, -0.1) is 0 Å². The van der Waals surface area contributed by atoms with E-state index in [1.165, 1.54) is 18.4 Å². The molecule has 2 fully saturated rings. The van der Waals surface area contributed by atoms with E-state index in [1.807, 2.05) is 12.3 Å². The number of ether oxygens (including phenoxy) is 1. The molecule has 1 aliphatic heterocycles. The number of benzene rings is 1. The Hall–Kier alpha value is -1.94. The van der Waals surface area contributed by atoms with Crippen molar-refractivity contribution < 1.29 is 4.74 Å². The fraction of sp³-hybridized carbons (Fsp3) is 0.444. The lowest BCUT2D eigenvalue weighted by atomic mass is 10.0. The molecule has 0 spiro atoms. The fourth-order valence-electron chi connectivity index (χ4n) is 3.81. The maximum atomic E-state index is 6.12. The first-order chi connectivity index (χ1) is 10.9. The summed E-state index contributed by atoms with van der Waals surface area (Å²) >= 11 is 0. The van der Waals surface area contributed by atoms with Crippen LogP contribution in [-0.2, 0) is 11.3 Å². The van der Waals surface area contributed by atoms with E-state index < -0.39 is 0 Å². The Morgan fingerprint density at radius 3 is 2.50 bits per heavy atom. The van der Waals surface area contributed by atoms with Gasteiger partial charge in [0.05, 0.1) is 18.9 Å². The van der Waals surface area contributed by atoms with Gasteiger partial charge in [-0.3, -0.25) is 4.98 Å². The molecule has 1 aromatic heterocycles. The molecule has 2 aliphatic rings. The molecule has 3 atom stereocenters. The van der Waals surface area contributed by atoms with Crippen molar-refractivity contribution in [2.24, 2.45) is 11.8 Å². The van der Waals surface area contributed by atoms with E-state index in [0.29, 0.717) is 6.10 Å². The summed E-state index contributed by atoms with van der Waals surface area (Å²) in [4.78, 5) is 11.0. The zero-order valence-electron chi connectivity index (χ0n) is 12.6. The summed E-state index contributed by atoms with van der Waals surface area (Å²) in [5.74, 6) is 2.49. The summed E-state index contributed by atoms with van der Waals surface area (Å²) in [6.07, 6.45) is 8.13. The largest absolute Gasteiger partial charge is 0.374 e. The second kappa shape index (κ2) is 6.05. The Morgan fingerprint density at radius 1 is 1.05 bits per heavy atom. The van der Waals surface area contributed by atoms with Crippen molar-refractivity contribution in [2.75, 3.05) is 18.0 Å². The molecule has 114 valence electrons. The third-order valence-electron chi connectivity index (χ3n) is 4.91.